The minimum absolute atomic E-state index is 0.146. The number of benzene rings is 2. The van der Waals surface area contributed by atoms with E-state index in [0.717, 1.165) is 5.56 Å². The molecule has 4 nitrogen and oxygen atoms in total. The van der Waals surface area contributed by atoms with Crippen LogP contribution < -0.4 is 4.31 Å². The van der Waals surface area contributed by atoms with E-state index < -0.39 is 10.0 Å². The van der Waals surface area contributed by atoms with Gasteiger partial charge in [0.2, 0.25) is 0 Å². The summed E-state index contributed by atoms with van der Waals surface area (Å²) in [5.41, 5.74) is 1.62. The van der Waals surface area contributed by atoms with Crippen molar-refractivity contribution in [1.82, 2.24) is 0 Å². The van der Waals surface area contributed by atoms with E-state index in [-0.39, 0.29) is 11.4 Å². The molecule has 1 aromatic heterocycles. The molecule has 0 saturated heterocycles. The van der Waals surface area contributed by atoms with E-state index in [0.29, 0.717) is 11.4 Å². The lowest BCUT2D eigenvalue weighted by atomic mass is 10.2. The lowest BCUT2D eigenvalue weighted by Crippen LogP contribution is -2.30. The van der Waals surface area contributed by atoms with Crippen molar-refractivity contribution < 1.29 is 12.8 Å². The fourth-order valence-corrected chi connectivity index (χ4v) is 3.72. The van der Waals surface area contributed by atoms with Crippen LogP contribution in [0, 0.1) is 6.92 Å². The lowest BCUT2D eigenvalue weighted by Gasteiger charge is -2.23. The van der Waals surface area contributed by atoms with Gasteiger partial charge in [0.15, 0.2) is 0 Å². The molecule has 0 fully saturated rings. The van der Waals surface area contributed by atoms with Gasteiger partial charge < -0.3 is 4.42 Å². The molecule has 23 heavy (non-hydrogen) atoms. The fraction of sp³-hybridized carbons (Fsp3) is 0.111. The Morgan fingerprint density at radius 1 is 0.913 bits per heavy atom. The highest BCUT2D eigenvalue weighted by atomic mass is 32.2. The minimum Gasteiger partial charge on any atom is -0.467 e. The van der Waals surface area contributed by atoms with E-state index >= 15 is 0 Å². The predicted molar refractivity (Wildman–Crippen MR) is 89.7 cm³/mol. The van der Waals surface area contributed by atoms with Gasteiger partial charge in [-0.3, -0.25) is 4.31 Å². The number of anilines is 1. The van der Waals surface area contributed by atoms with E-state index in [1.165, 1.54) is 10.6 Å². The molecule has 0 amide bonds. The summed E-state index contributed by atoms with van der Waals surface area (Å²) in [4.78, 5) is 0.263. The summed E-state index contributed by atoms with van der Waals surface area (Å²) in [5, 5.41) is 0. The second-order valence-electron chi connectivity index (χ2n) is 5.24. The van der Waals surface area contributed by atoms with Crippen LogP contribution in [-0.2, 0) is 16.6 Å². The predicted octanol–water partition coefficient (Wildman–Crippen LogP) is 3.98. The van der Waals surface area contributed by atoms with Crippen LogP contribution in [0.1, 0.15) is 11.3 Å². The van der Waals surface area contributed by atoms with Crippen LogP contribution in [0.4, 0.5) is 5.69 Å². The molecule has 118 valence electrons. The number of aryl methyl sites for hydroxylation is 1. The van der Waals surface area contributed by atoms with Crippen LogP contribution in [0.25, 0.3) is 0 Å². The maximum Gasteiger partial charge on any atom is 0.264 e. The van der Waals surface area contributed by atoms with Crippen molar-refractivity contribution in [2.45, 2.75) is 18.4 Å². The van der Waals surface area contributed by atoms with E-state index in [1.54, 1.807) is 48.5 Å². The molecule has 3 aromatic rings. The fourth-order valence-electron chi connectivity index (χ4n) is 2.29. The van der Waals surface area contributed by atoms with Crippen LogP contribution in [0.15, 0.2) is 82.3 Å². The first-order valence-corrected chi connectivity index (χ1v) is 8.68. The summed E-state index contributed by atoms with van der Waals surface area (Å²) < 4.78 is 32.8. The zero-order valence-electron chi connectivity index (χ0n) is 12.7. The van der Waals surface area contributed by atoms with Crippen LogP contribution >= 0.6 is 0 Å². The van der Waals surface area contributed by atoms with Gasteiger partial charge in [-0.1, -0.05) is 35.9 Å². The van der Waals surface area contributed by atoms with Crippen molar-refractivity contribution in [3.8, 4) is 0 Å². The Balaban J connectivity index is 2.05. The Hall–Kier alpha value is -2.53. The average Bonchev–Trinajstić information content (AvgIpc) is 3.07. The summed E-state index contributed by atoms with van der Waals surface area (Å²) in [6.45, 7) is 2.07. The Bertz CT molecular complexity index is 854. The molecule has 3 rings (SSSR count). The van der Waals surface area contributed by atoms with E-state index in [9.17, 15) is 8.42 Å². The van der Waals surface area contributed by atoms with Crippen LogP contribution in [0.5, 0.6) is 0 Å². The van der Waals surface area contributed by atoms with Crippen molar-refractivity contribution in [2.75, 3.05) is 4.31 Å². The average molecular weight is 327 g/mol. The van der Waals surface area contributed by atoms with E-state index in [2.05, 4.69) is 0 Å². The van der Waals surface area contributed by atoms with Crippen molar-refractivity contribution in [2.24, 2.45) is 0 Å². The standard InChI is InChI=1S/C18H17NO3S/c1-15-9-11-18(12-10-15)23(20,21)19(14-17-8-5-13-22-17)16-6-3-2-4-7-16/h2-13H,14H2,1H3. The Labute approximate surface area is 136 Å². The molecule has 0 saturated carbocycles. The molecule has 0 aliphatic heterocycles. The topological polar surface area (TPSA) is 50.5 Å². The highest BCUT2D eigenvalue weighted by Gasteiger charge is 2.25. The van der Waals surface area contributed by atoms with E-state index in [4.69, 9.17) is 4.42 Å². The molecule has 0 bridgehead atoms. The normalized spacial score (nSPS) is 11.3. The third-order valence-corrected chi connectivity index (χ3v) is 5.32. The SMILES string of the molecule is Cc1ccc(S(=O)(=O)N(Cc2ccco2)c2ccccc2)cc1. The van der Waals surface area contributed by atoms with Crippen LogP contribution in [0.3, 0.4) is 0 Å². The molecule has 0 N–H and O–H groups in total. The van der Waals surface area contributed by atoms with Gasteiger partial charge in [-0.15, -0.1) is 0 Å². The monoisotopic (exact) mass is 327 g/mol. The molecule has 0 aliphatic rings. The molecule has 0 unspecified atom stereocenters. The number of hydrogen-bond donors (Lipinski definition) is 0. The smallest absolute Gasteiger partial charge is 0.264 e. The summed E-state index contributed by atoms with van der Waals surface area (Å²) in [6.07, 6.45) is 1.54. The quantitative estimate of drug-likeness (QED) is 0.712. The molecule has 0 aliphatic carbocycles. The van der Waals surface area contributed by atoms with Gasteiger partial charge in [-0.05, 0) is 43.3 Å². The number of nitrogens with zero attached hydrogens (tertiary/aromatic N) is 1. The lowest BCUT2D eigenvalue weighted by molar-refractivity contribution is 0.508. The number of rotatable bonds is 5. The van der Waals surface area contributed by atoms with E-state index in [1.807, 2.05) is 25.1 Å². The van der Waals surface area contributed by atoms with Crippen molar-refractivity contribution in [3.63, 3.8) is 0 Å². The number of sulfonamides is 1. The molecular formula is C18H17NO3S. The third kappa shape index (κ3) is 3.29. The molecule has 0 spiro atoms. The first-order valence-electron chi connectivity index (χ1n) is 7.24. The molecule has 0 atom stereocenters. The molecular weight excluding hydrogens is 310 g/mol. The van der Waals surface area contributed by atoms with Crippen molar-refractivity contribution in [3.05, 3.63) is 84.3 Å². The van der Waals surface area contributed by atoms with Gasteiger partial charge in [0, 0.05) is 0 Å². The van der Waals surface area contributed by atoms with Gasteiger partial charge >= 0.3 is 0 Å². The highest BCUT2D eigenvalue weighted by Crippen LogP contribution is 2.26. The number of furan rings is 1. The Morgan fingerprint density at radius 2 is 1.61 bits per heavy atom. The first-order chi connectivity index (χ1) is 11.1. The second kappa shape index (κ2) is 6.30. The summed E-state index contributed by atoms with van der Waals surface area (Å²) >= 11 is 0. The first kappa shape index (κ1) is 15.4. The Morgan fingerprint density at radius 3 is 2.22 bits per heavy atom. The van der Waals surface area contributed by atoms with Gasteiger partial charge in [0.05, 0.1) is 23.4 Å². The third-order valence-electron chi connectivity index (χ3n) is 3.53. The van der Waals surface area contributed by atoms with Gasteiger partial charge in [0.1, 0.15) is 5.76 Å². The van der Waals surface area contributed by atoms with Gasteiger partial charge in [-0.25, -0.2) is 8.42 Å². The zero-order valence-corrected chi connectivity index (χ0v) is 13.5. The molecule has 2 aromatic carbocycles. The Kier molecular flexibility index (Phi) is 4.21. The van der Waals surface area contributed by atoms with Gasteiger partial charge in [-0.2, -0.15) is 0 Å². The highest BCUT2D eigenvalue weighted by molar-refractivity contribution is 7.92. The van der Waals surface area contributed by atoms with Crippen LogP contribution in [-0.4, -0.2) is 8.42 Å². The maximum atomic E-state index is 13.1. The minimum atomic E-state index is -3.67. The molecule has 5 heteroatoms. The summed E-state index contributed by atoms with van der Waals surface area (Å²) in [6, 6.07) is 19.4. The van der Waals surface area contributed by atoms with Crippen LogP contribution in [0.2, 0.25) is 0 Å². The number of para-hydroxylation sites is 1. The van der Waals surface area contributed by atoms with Gasteiger partial charge in [0.25, 0.3) is 10.0 Å². The van der Waals surface area contributed by atoms with Crippen molar-refractivity contribution in [1.29, 1.82) is 0 Å². The largest absolute Gasteiger partial charge is 0.467 e. The number of hydrogen-bond acceptors (Lipinski definition) is 3. The van der Waals surface area contributed by atoms with Crippen molar-refractivity contribution >= 4 is 15.7 Å². The molecule has 0 radical (unpaired) electrons. The second-order valence-corrected chi connectivity index (χ2v) is 7.10. The summed E-state index contributed by atoms with van der Waals surface area (Å²) in [5.74, 6) is 0.588. The zero-order chi connectivity index (χ0) is 16.3. The molecule has 1 heterocycles. The summed E-state index contributed by atoms with van der Waals surface area (Å²) in [7, 11) is -3.67. The maximum absolute atomic E-state index is 13.1.